The van der Waals surface area contributed by atoms with Crippen LogP contribution in [-0.2, 0) is 14.4 Å². The van der Waals surface area contributed by atoms with E-state index in [-0.39, 0.29) is 11.3 Å². The van der Waals surface area contributed by atoms with E-state index in [4.69, 9.17) is 0 Å². The van der Waals surface area contributed by atoms with Gasteiger partial charge in [-0.1, -0.05) is 56.2 Å². The maximum atomic E-state index is 13.8. The third-order valence-corrected chi connectivity index (χ3v) is 6.87. The molecule has 7 heteroatoms. The van der Waals surface area contributed by atoms with Gasteiger partial charge in [-0.05, 0) is 62.6 Å². The molecule has 1 aromatic carbocycles. The molecule has 0 aromatic heterocycles. The Morgan fingerprint density at radius 1 is 1.15 bits per heavy atom. The highest BCUT2D eigenvalue weighted by atomic mass is 16.4. The van der Waals surface area contributed by atoms with Crippen LogP contribution in [0.1, 0.15) is 70.5 Å². The normalized spacial score (nSPS) is 20.6. The number of benzene rings is 1. The predicted molar refractivity (Wildman–Crippen MR) is 132 cm³/mol. The Balaban J connectivity index is 1.79. The highest BCUT2D eigenvalue weighted by molar-refractivity contribution is 5.93. The van der Waals surface area contributed by atoms with Crippen molar-refractivity contribution in [1.29, 1.82) is 0 Å². The van der Waals surface area contributed by atoms with Crippen LogP contribution >= 0.6 is 0 Å². The Hall–Kier alpha value is -2.83. The average molecular weight is 470 g/mol. The van der Waals surface area contributed by atoms with Crippen molar-refractivity contribution >= 4 is 17.8 Å². The second kappa shape index (κ2) is 10.2. The smallest absolute Gasteiger partial charge is 0.330 e. The van der Waals surface area contributed by atoms with Crippen LogP contribution in [-0.4, -0.2) is 58.4 Å². The molecule has 2 N–H and O–H groups in total. The molecule has 1 aliphatic carbocycles. The number of amides is 2. The van der Waals surface area contributed by atoms with E-state index in [1.54, 1.807) is 17.0 Å². The molecule has 1 aliphatic heterocycles. The van der Waals surface area contributed by atoms with Crippen molar-refractivity contribution in [2.45, 2.75) is 78.4 Å². The minimum absolute atomic E-state index is 0.0882. The summed E-state index contributed by atoms with van der Waals surface area (Å²) in [5, 5.41) is 12.4. The van der Waals surface area contributed by atoms with E-state index in [1.165, 1.54) is 18.4 Å². The van der Waals surface area contributed by atoms with Gasteiger partial charge in [0.1, 0.15) is 12.1 Å². The summed E-state index contributed by atoms with van der Waals surface area (Å²) in [6, 6.07) is 4.81. The molecule has 7 nitrogen and oxygen atoms in total. The molecular formula is C27H39N3O4. The molecule has 2 fully saturated rings. The van der Waals surface area contributed by atoms with Gasteiger partial charge in [0.2, 0.25) is 11.8 Å². The Morgan fingerprint density at radius 3 is 2.29 bits per heavy atom. The van der Waals surface area contributed by atoms with Gasteiger partial charge in [0.25, 0.3) is 0 Å². The molecule has 1 saturated heterocycles. The van der Waals surface area contributed by atoms with Crippen molar-refractivity contribution in [1.82, 2.24) is 15.1 Å². The first kappa shape index (κ1) is 25.8. The van der Waals surface area contributed by atoms with Crippen molar-refractivity contribution in [3.63, 3.8) is 0 Å². The number of carbonyl (C=O) groups is 3. The second-order valence-electron chi connectivity index (χ2n) is 11.0. The Bertz CT molecular complexity index is 944. The number of allylic oxidation sites excluding steroid dienone is 1. The number of hydrogen-bond donors (Lipinski definition) is 2. The van der Waals surface area contributed by atoms with Crippen LogP contribution in [0.25, 0.3) is 0 Å². The van der Waals surface area contributed by atoms with Crippen molar-refractivity contribution in [2.75, 3.05) is 13.6 Å². The Morgan fingerprint density at radius 2 is 1.76 bits per heavy atom. The number of carbonyl (C=O) groups excluding carboxylic acids is 2. The fourth-order valence-electron chi connectivity index (χ4n) is 4.94. The van der Waals surface area contributed by atoms with Crippen LogP contribution in [0.15, 0.2) is 36.0 Å². The fourth-order valence-corrected chi connectivity index (χ4v) is 4.94. The standard InChI is InChI=1S/C27H39N3O4/c1-17-9-11-20(12-10-17)22(26(33)34)28-24(31)21-8-7-15-30(21)25(32)23(27(3,4)5)29(6)16-18(2)19-13-14-19/h9-12,16,19,21-23H,7-8,13-15H2,1-6H3,(H,28,31)(H,33,34)/b18-16+. The molecule has 0 spiro atoms. The first-order chi connectivity index (χ1) is 15.9. The molecule has 0 bridgehead atoms. The van der Waals surface area contributed by atoms with Crippen LogP contribution in [0, 0.1) is 18.3 Å². The van der Waals surface area contributed by atoms with Gasteiger partial charge in [0, 0.05) is 13.6 Å². The number of nitrogens with one attached hydrogen (secondary N) is 1. The van der Waals surface area contributed by atoms with Gasteiger partial charge in [0.15, 0.2) is 6.04 Å². The molecule has 1 saturated carbocycles. The lowest BCUT2D eigenvalue weighted by molar-refractivity contribution is -0.146. The monoisotopic (exact) mass is 469 g/mol. The van der Waals surface area contributed by atoms with E-state index in [2.05, 4.69) is 18.4 Å². The largest absolute Gasteiger partial charge is 0.479 e. The summed E-state index contributed by atoms with van der Waals surface area (Å²) in [5.74, 6) is -1.02. The number of nitrogens with zero attached hydrogens (tertiary/aromatic N) is 2. The van der Waals surface area contributed by atoms with E-state index in [0.29, 0.717) is 30.9 Å². The third-order valence-electron chi connectivity index (χ3n) is 6.87. The van der Waals surface area contributed by atoms with E-state index in [9.17, 15) is 19.5 Å². The zero-order valence-corrected chi connectivity index (χ0v) is 21.3. The van der Waals surface area contributed by atoms with Crippen LogP contribution in [0.3, 0.4) is 0 Å². The molecule has 34 heavy (non-hydrogen) atoms. The zero-order valence-electron chi connectivity index (χ0n) is 21.3. The molecule has 2 amide bonds. The number of aliphatic carboxylic acids is 1. The SMILES string of the molecule is C/C(=C\N(C)C(C(=O)N1CCCC1C(=O)NC(C(=O)O)c1ccc(C)cc1)C(C)(C)C)C1CC1. The van der Waals surface area contributed by atoms with Crippen LogP contribution < -0.4 is 5.32 Å². The van der Waals surface area contributed by atoms with Crippen molar-refractivity contribution in [3.8, 4) is 0 Å². The number of likely N-dealkylation sites (tertiary alicyclic amines) is 1. The molecule has 0 radical (unpaired) electrons. The number of carboxylic acid groups (broad SMARTS) is 1. The summed E-state index contributed by atoms with van der Waals surface area (Å²) in [6.45, 7) is 10.6. The Kier molecular flexibility index (Phi) is 7.74. The number of hydrogen-bond acceptors (Lipinski definition) is 4. The topological polar surface area (TPSA) is 90.0 Å². The number of likely N-dealkylation sites (N-methyl/N-ethyl adjacent to an activating group) is 1. The van der Waals surface area contributed by atoms with Crippen molar-refractivity contribution in [3.05, 3.63) is 47.2 Å². The van der Waals surface area contributed by atoms with Gasteiger partial charge in [-0.25, -0.2) is 4.79 Å². The summed E-state index contributed by atoms with van der Waals surface area (Å²) in [4.78, 5) is 42.6. The first-order valence-electron chi connectivity index (χ1n) is 12.2. The van der Waals surface area contributed by atoms with Crippen LogP contribution in [0.5, 0.6) is 0 Å². The molecule has 1 aromatic rings. The lowest BCUT2D eigenvalue weighted by Crippen LogP contribution is -2.56. The minimum atomic E-state index is -1.16. The highest BCUT2D eigenvalue weighted by Crippen LogP contribution is 2.37. The maximum Gasteiger partial charge on any atom is 0.330 e. The van der Waals surface area contributed by atoms with E-state index >= 15 is 0 Å². The summed E-state index contributed by atoms with van der Waals surface area (Å²) in [7, 11) is 1.93. The van der Waals surface area contributed by atoms with Crippen LogP contribution in [0.2, 0.25) is 0 Å². The molecule has 3 atom stereocenters. The summed E-state index contributed by atoms with van der Waals surface area (Å²) < 4.78 is 0. The second-order valence-corrected chi connectivity index (χ2v) is 11.0. The van der Waals surface area contributed by atoms with Gasteiger partial charge in [-0.15, -0.1) is 0 Å². The molecule has 3 unspecified atom stereocenters. The zero-order chi connectivity index (χ0) is 25.2. The highest BCUT2D eigenvalue weighted by Gasteiger charge is 2.43. The average Bonchev–Trinajstić information content (AvgIpc) is 3.48. The molecule has 3 rings (SSSR count). The van der Waals surface area contributed by atoms with Gasteiger partial charge in [-0.3, -0.25) is 9.59 Å². The molecular weight excluding hydrogens is 430 g/mol. The van der Waals surface area contributed by atoms with Gasteiger partial charge < -0.3 is 20.2 Å². The van der Waals surface area contributed by atoms with E-state index in [0.717, 1.165) is 5.56 Å². The third kappa shape index (κ3) is 5.99. The van der Waals surface area contributed by atoms with E-state index < -0.39 is 30.0 Å². The van der Waals surface area contributed by atoms with Crippen molar-refractivity contribution < 1.29 is 19.5 Å². The van der Waals surface area contributed by atoms with Gasteiger partial charge >= 0.3 is 5.97 Å². The van der Waals surface area contributed by atoms with Crippen LogP contribution in [0.4, 0.5) is 0 Å². The Labute approximate surface area is 203 Å². The van der Waals surface area contributed by atoms with Gasteiger partial charge in [-0.2, -0.15) is 0 Å². The van der Waals surface area contributed by atoms with Gasteiger partial charge in [0.05, 0.1) is 0 Å². The maximum absolute atomic E-state index is 13.8. The molecule has 2 aliphatic rings. The lowest BCUT2D eigenvalue weighted by Gasteiger charge is -2.40. The molecule has 186 valence electrons. The number of rotatable bonds is 8. The number of carboxylic acids is 1. The summed E-state index contributed by atoms with van der Waals surface area (Å²) >= 11 is 0. The number of aryl methyl sites for hydroxylation is 1. The summed E-state index contributed by atoms with van der Waals surface area (Å²) in [6.07, 6.45) is 5.71. The predicted octanol–water partition coefficient (Wildman–Crippen LogP) is 3.89. The minimum Gasteiger partial charge on any atom is -0.479 e. The fraction of sp³-hybridized carbons (Fsp3) is 0.593. The van der Waals surface area contributed by atoms with Crippen molar-refractivity contribution in [2.24, 2.45) is 11.3 Å². The van der Waals surface area contributed by atoms with E-state index in [1.807, 2.05) is 51.8 Å². The first-order valence-corrected chi connectivity index (χ1v) is 12.2. The quantitative estimate of drug-likeness (QED) is 0.603. The molecule has 1 heterocycles. The lowest BCUT2D eigenvalue weighted by atomic mass is 9.84. The summed E-state index contributed by atoms with van der Waals surface area (Å²) in [5.41, 5.74) is 2.45.